The second-order valence-electron chi connectivity index (χ2n) is 6.59. The SMILES string of the molecule is CCc1ccc2nc(N(Cc3ccccn3)C(=O)c3ccc(SC)cc3)sc2c1. The Morgan fingerprint density at radius 2 is 1.93 bits per heavy atom. The molecular formula is C23H21N3OS2. The molecular weight excluding hydrogens is 398 g/mol. The molecule has 146 valence electrons. The number of thioether (sulfide) groups is 1. The molecule has 4 nitrogen and oxygen atoms in total. The Hall–Kier alpha value is -2.70. The Kier molecular flexibility index (Phi) is 5.92. The number of fused-ring (bicyclic) bond motifs is 1. The third kappa shape index (κ3) is 4.33. The van der Waals surface area contributed by atoms with Gasteiger partial charge < -0.3 is 0 Å². The molecule has 2 aromatic carbocycles. The van der Waals surface area contributed by atoms with E-state index in [0.29, 0.717) is 17.2 Å². The number of thiazole rings is 1. The molecule has 29 heavy (non-hydrogen) atoms. The van der Waals surface area contributed by atoms with E-state index >= 15 is 0 Å². The molecule has 0 aliphatic carbocycles. The average molecular weight is 420 g/mol. The number of hydrogen-bond donors (Lipinski definition) is 0. The third-order valence-corrected chi connectivity index (χ3v) is 6.49. The summed E-state index contributed by atoms with van der Waals surface area (Å²) in [5, 5.41) is 0.692. The summed E-state index contributed by atoms with van der Waals surface area (Å²) in [5.41, 5.74) is 3.66. The van der Waals surface area contributed by atoms with Crippen molar-refractivity contribution in [1.82, 2.24) is 9.97 Å². The molecule has 0 bridgehead atoms. The largest absolute Gasteiger partial charge is 0.278 e. The van der Waals surface area contributed by atoms with Crippen molar-refractivity contribution < 1.29 is 4.79 Å². The monoisotopic (exact) mass is 419 g/mol. The van der Waals surface area contributed by atoms with Crippen LogP contribution in [0.2, 0.25) is 0 Å². The summed E-state index contributed by atoms with van der Waals surface area (Å²) in [6.07, 6.45) is 4.74. The van der Waals surface area contributed by atoms with Gasteiger partial charge in [-0.3, -0.25) is 14.7 Å². The van der Waals surface area contributed by atoms with Crippen molar-refractivity contribution in [3.05, 3.63) is 83.7 Å². The van der Waals surface area contributed by atoms with Gasteiger partial charge in [0, 0.05) is 16.7 Å². The number of benzene rings is 2. The van der Waals surface area contributed by atoms with E-state index in [1.807, 2.05) is 54.8 Å². The van der Waals surface area contributed by atoms with Crippen molar-refractivity contribution in [2.24, 2.45) is 0 Å². The molecule has 0 atom stereocenters. The number of anilines is 1. The van der Waals surface area contributed by atoms with Crippen LogP contribution in [0.5, 0.6) is 0 Å². The van der Waals surface area contributed by atoms with Gasteiger partial charge in [0.15, 0.2) is 5.13 Å². The Morgan fingerprint density at radius 1 is 1.10 bits per heavy atom. The first-order valence-corrected chi connectivity index (χ1v) is 11.5. The van der Waals surface area contributed by atoms with E-state index in [4.69, 9.17) is 4.98 Å². The minimum Gasteiger partial charge on any atom is -0.278 e. The van der Waals surface area contributed by atoms with Crippen LogP contribution in [0.4, 0.5) is 5.13 Å². The van der Waals surface area contributed by atoms with E-state index in [0.717, 1.165) is 27.2 Å². The zero-order valence-electron chi connectivity index (χ0n) is 16.3. The third-order valence-electron chi connectivity index (χ3n) is 4.71. The first-order chi connectivity index (χ1) is 14.2. The van der Waals surface area contributed by atoms with Gasteiger partial charge in [0.1, 0.15) is 0 Å². The van der Waals surface area contributed by atoms with Gasteiger partial charge in [-0.05, 0) is 66.8 Å². The van der Waals surface area contributed by atoms with Gasteiger partial charge in [-0.25, -0.2) is 4.98 Å². The molecule has 4 rings (SSSR count). The van der Waals surface area contributed by atoms with E-state index in [-0.39, 0.29) is 5.91 Å². The summed E-state index contributed by atoms with van der Waals surface area (Å²) >= 11 is 3.20. The zero-order chi connectivity index (χ0) is 20.2. The van der Waals surface area contributed by atoms with Crippen LogP contribution in [0.15, 0.2) is 71.8 Å². The van der Waals surface area contributed by atoms with Crippen LogP contribution < -0.4 is 4.90 Å². The fraction of sp³-hybridized carbons (Fsp3) is 0.174. The van der Waals surface area contributed by atoms with Crippen LogP contribution in [0.3, 0.4) is 0 Å². The maximum Gasteiger partial charge on any atom is 0.260 e. The van der Waals surface area contributed by atoms with Gasteiger partial charge in [-0.1, -0.05) is 30.4 Å². The number of amides is 1. The molecule has 2 aromatic heterocycles. The van der Waals surface area contributed by atoms with Crippen molar-refractivity contribution >= 4 is 44.4 Å². The lowest BCUT2D eigenvalue weighted by Gasteiger charge is -2.19. The van der Waals surface area contributed by atoms with Crippen LogP contribution in [0.1, 0.15) is 28.5 Å². The van der Waals surface area contributed by atoms with E-state index in [2.05, 4.69) is 24.0 Å². The van der Waals surface area contributed by atoms with Gasteiger partial charge in [0.05, 0.1) is 22.5 Å². The average Bonchev–Trinajstić information content (AvgIpc) is 3.20. The molecule has 0 fully saturated rings. The summed E-state index contributed by atoms with van der Waals surface area (Å²) in [6.45, 7) is 2.52. The maximum atomic E-state index is 13.4. The quantitative estimate of drug-likeness (QED) is 0.369. The second-order valence-corrected chi connectivity index (χ2v) is 8.48. The van der Waals surface area contributed by atoms with Crippen molar-refractivity contribution in [1.29, 1.82) is 0 Å². The van der Waals surface area contributed by atoms with E-state index in [9.17, 15) is 4.79 Å². The predicted molar refractivity (Wildman–Crippen MR) is 122 cm³/mol. The number of hydrogen-bond acceptors (Lipinski definition) is 5. The number of nitrogens with zero attached hydrogens (tertiary/aromatic N) is 3. The van der Waals surface area contributed by atoms with Gasteiger partial charge in [-0.15, -0.1) is 11.8 Å². The van der Waals surface area contributed by atoms with E-state index in [1.54, 1.807) is 34.2 Å². The number of aromatic nitrogens is 2. The van der Waals surface area contributed by atoms with Gasteiger partial charge in [-0.2, -0.15) is 0 Å². The Balaban J connectivity index is 1.74. The molecule has 0 saturated heterocycles. The van der Waals surface area contributed by atoms with Gasteiger partial charge >= 0.3 is 0 Å². The first kappa shape index (κ1) is 19.6. The molecule has 0 spiro atoms. The van der Waals surface area contributed by atoms with Crippen molar-refractivity contribution in [3.8, 4) is 0 Å². The summed E-state index contributed by atoms with van der Waals surface area (Å²) in [4.78, 5) is 25.4. The Morgan fingerprint density at radius 3 is 2.62 bits per heavy atom. The molecule has 2 heterocycles. The number of carbonyl (C=O) groups excluding carboxylic acids is 1. The van der Waals surface area contributed by atoms with Crippen molar-refractivity contribution in [3.63, 3.8) is 0 Å². The van der Waals surface area contributed by atoms with Gasteiger partial charge in [0.2, 0.25) is 0 Å². The predicted octanol–water partition coefficient (Wildman–Crippen LogP) is 5.82. The lowest BCUT2D eigenvalue weighted by Crippen LogP contribution is -2.30. The fourth-order valence-electron chi connectivity index (χ4n) is 3.06. The maximum absolute atomic E-state index is 13.4. The molecule has 0 radical (unpaired) electrons. The minimum absolute atomic E-state index is 0.0712. The van der Waals surface area contributed by atoms with E-state index in [1.165, 1.54) is 5.56 Å². The second kappa shape index (κ2) is 8.76. The summed E-state index contributed by atoms with van der Waals surface area (Å²) in [6, 6.07) is 19.7. The van der Waals surface area contributed by atoms with Crippen molar-refractivity contribution in [2.75, 3.05) is 11.2 Å². The number of carbonyl (C=O) groups is 1. The van der Waals surface area contributed by atoms with Crippen LogP contribution in [-0.2, 0) is 13.0 Å². The first-order valence-electron chi connectivity index (χ1n) is 9.43. The molecule has 1 amide bonds. The molecule has 6 heteroatoms. The summed E-state index contributed by atoms with van der Waals surface area (Å²) in [5.74, 6) is -0.0712. The molecule has 0 saturated carbocycles. The van der Waals surface area contributed by atoms with Crippen molar-refractivity contribution in [2.45, 2.75) is 24.8 Å². The Labute approximate surface area is 178 Å². The van der Waals surface area contributed by atoms with Crippen LogP contribution >= 0.6 is 23.1 Å². The van der Waals surface area contributed by atoms with E-state index < -0.39 is 0 Å². The fourth-order valence-corrected chi connectivity index (χ4v) is 4.50. The molecule has 0 aliphatic rings. The highest BCUT2D eigenvalue weighted by Gasteiger charge is 2.22. The molecule has 4 aromatic rings. The summed E-state index contributed by atoms with van der Waals surface area (Å²) in [7, 11) is 0. The summed E-state index contributed by atoms with van der Waals surface area (Å²) < 4.78 is 1.09. The lowest BCUT2D eigenvalue weighted by molar-refractivity contribution is 0.0984. The molecule has 0 N–H and O–H groups in total. The van der Waals surface area contributed by atoms with Crippen LogP contribution in [0.25, 0.3) is 10.2 Å². The topological polar surface area (TPSA) is 46.1 Å². The van der Waals surface area contributed by atoms with Crippen LogP contribution in [0, 0.1) is 0 Å². The highest BCUT2D eigenvalue weighted by atomic mass is 32.2. The highest BCUT2D eigenvalue weighted by molar-refractivity contribution is 7.98. The zero-order valence-corrected chi connectivity index (χ0v) is 18.0. The minimum atomic E-state index is -0.0712. The highest BCUT2D eigenvalue weighted by Crippen LogP contribution is 2.31. The Bertz CT molecular complexity index is 1120. The van der Waals surface area contributed by atoms with Gasteiger partial charge in [0.25, 0.3) is 5.91 Å². The lowest BCUT2D eigenvalue weighted by atomic mass is 10.2. The standard InChI is InChI=1S/C23H21N3OS2/c1-3-16-7-12-20-21(14-16)29-23(25-20)26(15-18-6-4-5-13-24-18)22(27)17-8-10-19(28-2)11-9-17/h4-14H,3,15H2,1-2H3. The number of rotatable bonds is 6. The number of aryl methyl sites for hydroxylation is 1. The molecule has 0 unspecified atom stereocenters. The number of pyridine rings is 1. The normalized spacial score (nSPS) is 11.0. The smallest absolute Gasteiger partial charge is 0.260 e. The molecule has 0 aliphatic heterocycles. The van der Waals surface area contributed by atoms with Crippen LogP contribution in [-0.4, -0.2) is 22.1 Å².